The Kier molecular flexibility index (Phi) is 8.56. The Morgan fingerprint density at radius 1 is 0.886 bits per heavy atom. The third kappa shape index (κ3) is 5.75. The number of ether oxygens (including phenoxy) is 1. The van der Waals surface area contributed by atoms with Gasteiger partial charge in [-0.25, -0.2) is 4.79 Å². The maximum Gasteiger partial charge on any atom is 0.317 e. The van der Waals surface area contributed by atoms with Gasteiger partial charge < -0.3 is 20.1 Å². The number of aliphatic hydroxyl groups excluding tert-OH is 1. The minimum absolute atomic E-state index is 0.0767. The highest BCUT2D eigenvalue weighted by atomic mass is 16.5. The lowest BCUT2D eigenvalue weighted by atomic mass is 9.80. The van der Waals surface area contributed by atoms with Crippen molar-refractivity contribution < 1.29 is 14.6 Å². The summed E-state index contributed by atoms with van der Waals surface area (Å²) in [6.45, 7) is 3.46. The third-order valence-corrected chi connectivity index (χ3v) is 6.77. The van der Waals surface area contributed by atoms with Crippen molar-refractivity contribution in [1.82, 2.24) is 10.2 Å². The molecule has 1 fully saturated rings. The molecule has 5 nitrogen and oxygen atoms in total. The molecule has 2 N–H and O–H groups in total. The topological polar surface area (TPSA) is 61.8 Å². The van der Waals surface area contributed by atoms with Crippen LogP contribution in [0.2, 0.25) is 0 Å². The van der Waals surface area contributed by atoms with Crippen molar-refractivity contribution in [3.8, 4) is 0 Å². The molecule has 1 heterocycles. The summed E-state index contributed by atoms with van der Waals surface area (Å²) in [5.74, 6) is 0. The van der Waals surface area contributed by atoms with Gasteiger partial charge in [-0.3, -0.25) is 0 Å². The maximum atomic E-state index is 12.5. The van der Waals surface area contributed by atoms with Crippen LogP contribution < -0.4 is 5.32 Å². The Morgan fingerprint density at radius 2 is 1.40 bits per heavy atom. The molecular weight excluding hydrogens is 436 g/mol. The Balaban J connectivity index is 1.56. The summed E-state index contributed by atoms with van der Waals surface area (Å²) in [6, 6.07) is 29.9. The molecule has 0 aromatic heterocycles. The summed E-state index contributed by atoms with van der Waals surface area (Å²) in [6.07, 6.45) is 3.60. The first-order chi connectivity index (χ1) is 17.1. The molecule has 3 aromatic rings. The molecule has 3 aromatic carbocycles. The van der Waals surface area contributed by atoms with E-state index in [0.29, 0.717) is 6.54 Å². The number of carbonyl (C=O) groups is 1. The fourth-order valence-electron chi connectivity index (χ4n) is 4.85. The van der Waals surface area contributed by atoms with Crippen molar-refractivity contribution >= 4 is 6.03 Å². The number of amides is 2. The third-order valence-electron chi connectivity index (χ3n) is 6.77. The Morgan fingerprint density at radius 3 is 1.89 bits per heavy atom. The van der Waals surface area contributed by atoms with Crippen LogP contribution in [0, 0.1) is 0 Å². The van der Waals surface area contributed by atoms with Gasteiger partial charge in [0.2, 0.25) is 0 Å². The van der Waals surface area contributed by atoms with Crippen LogP contribution in [0.1, 0.15) is 49.3 Å². The zero-order valence-electron chi connectivity index (χ0n) is 20.5. The molecule has 1 saturated heterocycles. The normalized spacial score (nSPS) is 16.8. The lowest BCUT2D eigenvalue weighted by Crippen LogP contribution is -2.44. The van der Waals surface area contributed by atoms with Gasteiger partial charge in [-0.2, -0.15) is 0 Å². The molecule has 184 valence electrons. The molecule has 0 aliphatic carbocycles. The molecule has 2 amide bonds. The van der Waals surface area contributed by atoms with Gasteiger partial charge in [0.25, 0.3) is 0 Å². The number of benzene rings is 3. The van der Waals surface area contributed by atoms with E-state index in [2.05, 4.69) is 48.6 Å². The zero-order valence-corrected chi connectivity index (χ0v) is 20.5. The van der Waals surface area contributed by atoms with E-state index in [1.54, 1.807) is 0 Å². The van der Waals surface area contributed by atoms with E-state index >= 15 is 0 Å². The lowest BCUT2D eigenvalue weighted by Gasteiger charge is -2.37. The standard InChI is InChI=1S/C30H36N2O3/c1-2-3-4-14-21-32-22-27(31-29(32)34)28(33)23-35-30(24-15-8-5-9-16-24,25-17-10-6-11-18-25)26-19-12-7-13-20-26/h5-13,15-20,27-28,33H,2-4,14,21-23H2,1H3,(H,31,34)/t27-,28-/m1/s1. The number of aliphatic hydroxyl groups is 1. The maximum absolute atomic E-state index is 12.5. The van der Waals surface area contributed by atoms with Crippen molar-refractivity contribution in [2.45, 2.75) is 50.4 Å². The average Bonchev–Trinajstić information content (AvgIpc) is 3.29. The summed E-state index contributed by atoms with van der Waals surface area (Å²) < 4.78 is 6.73. The van der Waals surface area contributed by atoms with E-state index in [1.807, 2.05) is 59.5 Å². The summed E-state index contributed by atoms with van der Waals surface area (Å²) in [7, 11) is 0. The highest BCUT2D eigenvalue weighted by Gasteiger charge is 2.40. The van der Waals surface area contributed by atoms with E-state index in [0.717, 1.165) is 42.5 Å². The number of unbranched alkanes of at least 4 members (excludes halogenated alkanes) is 3. The van der Waals surface area contributed by atoms with E-state index in [1.165, 1.54) is 6.42 Å². The molecule has 0 radical (unpaired) electrons. The van der Waals surface area contributed by atoms with Crippen LogP contribution in [0.3, 0.4) is 0 Å². The molecule has 2 atom stereocenters. The first-order valence-corrected chi connectivity index (χ1v) is 12.7. The molecule has 0 bridgehead atoms. The Bertz CT molecular complexity index is 946. The molecule has 0 unspecified atom stereocenters. The number of urea groups is 1. The predicted molar refractivity (Wildman–Crippen MR) is 139 cm³/mol. The zero-order chi connectivity index (χ0) is 24.5. The van der Waals surface area contributed by atoms with Gasteiger partial charge in [0.05, 0.1) is 18.8 Å². The van der Waals surface area contributed by atoms with Gasteiger partial charge >= 0.3 is 6.03 Å². The summed E-state index contributed by atoms with van der Waals surface area (Å²) in [5, 5.41) is 14.1. The molecule has 1 aliphatic rings. The van der Waals surface area contributed by atoms with Crippen molar-refractivity contribution in [3.63, 3.8) is 0 Å². The van der Waals surface area contributed by atoms with Crippen LogP contribution in [0.25, 0.3) is 0 Å². The molecule has 1 aliphatic heterocycles. The first kappa shape index (κ1) is 25.0. The minimum Gasteiger partial charge on any atom is -0.388 e. The largest absolute Gasteiger partial charge is 0.388 e. The van der Waals surface area contributed by atoms with Gasteiger partial charge in [0.1, 0.15) is 5.60 Å². The molecule has 5 heteroatoms. The second-order valence-corrected chi connectivity index (χ2v) is 9.22. The predicted octanol–water partition coefficient (Wildman–Crippen LogP) is 5.33. The van der Waals surface area contributed by atoms with Crippen molar-refractivity contribution in [2.24, 2.45) is 0 Å². The molecule has 4 rings (SSSR count). The fraction of sp³-hybridized carbons (Fsp3) is 0.367. The fourth-order valence-corrected chi connectivity index (χ4v) is 4.85. The van der Waals surface area contributed by atoms with Crippen LogP contribution in [0.15, 0.2) is 91.0 Å². The lowest BCUT2D eigenvalue weighted by molar-refractivity contribution is -0.0460. The quantitative estimate of drug-likeness (QED) is 0.277. The Labute approximate surface area is 208 Å². The number of rotatable bonds is 12. The molecule has 0 saturated carbocycles. The van der Waals surface area contributed by atoms with Gasteiger partial charge in [0, 0.05) is 13.1 Å². The summed E-state index contributed by atoms with van der Waals surface area (Å²) >= 11 is 0. The smallest absolute Gasteiger partial charge is 0.317 e. The number of nitrogens with zero attached hydrogens (tertiary/aromatic N) is 1. The number of nitrogens with one attached hydrogen (secondary N) is 1. The first-order valence-electron chi connectivity index (χ1n) is 12.7. The van der Waals surface area contributed by atoms with Crippen molar-refractivity contribution in [2.75, 3.05) is 19.7 Å². The minimum atomic E-state index is -0.896. The second-order valence-electron chi connectivity index (χ2n) is 9.22. The van der Waals surface area contributed by atoms with Gasteiger partial charge in [0.15, 0.2) is 0 Å². The Hall–Kier alpha value is -3.15. The average molecular weight is 473 g/mol. The van der Waals surface area contributed by atoms with Crippen LogP contribution in [0.4, 0.5) is 4.79 Å². The summed E-state index contributed by atoms with van der Waals surface area (Å²) in [5.41, 5.74) is 2.06. The van der Waals surface area contributed by atoms with E-state index < -0.39 is 11.7 Å². The monoisotopic (exact) mass is 472 g/mol. The van der Waals surface area contributed by atoms with Crippen LogP contribution >= 0.6 is 0 Å². The second kappa shape index (κ2) is 12.0. The molecule has 35 heavy (non-hydrogen) atoms. The SMILES string of the molecule is CCCCCCN1C[C@H]([C@H](O)COC(c2ccccc2)(c2ccccc2)c2ccccc2)NC1=O. The summed E-state index contributed by atoms with van der Waals surface area (Å²) in [4.78, 5) is 14.3. The highest BCUT2D eigenvalue weighted by Crippen LogP contribution is 2.40. The van der Waals surface area contributed by atoms with E-state index in [-0.39, 0.29) is 18.7 Å². The van der Waals surface area contributed by atoms with Gasteiger partial charge in [-0.15, -0.1) is 0 Å². The number of hydrogen-bond donors (Lipinski definition) is 2. The van der Waals surface area contributed by atoms with Gasteiger partial charge in [-0.1, -0.05) is 117 Å². The number of carbonyl (C=O) groups excluding carboxylic acids is 1. The molecule has 0 spiro atoms. The van der Waals surface area contributed by atoms with E-state index in [9.17, 15) is 9.90 Å². The van der Waals surface area contributed by atoms with Gasteiger partial charge in [-0.05, 0) is 23.1 Å². The van der Waals surface area contributed by atoms with Crippen LogP contribution in [0.5, 0.6) is 0 Å². The molecular formula is C30H36N2O3. The van der Waals surface area contributed by atoms with Crippen molar-refractivity contribution in [1.29, 1.82) is 0 Å². The van der Waals surface area contributed by atoms with Crippen molar-refractivity contribution in [3.05, 3.63) is 108 Å². The van der Waals surface area contributed by atoms with E-state index in [4.69, 9.17) is 4.74 Å². The number of hydrogen-bond acceptors (Lipinski definition) is 3. The van der Waals surface area contributed by atoms with Crippen LogP contribution in [-0.2, 0) is 10.3 Å². The highest BCUT2D eigenvalue weighted by molar-refractivity contribution is 5.77. The van der Waals surface area contributed by atoms with Crippen LogP contribution in [-0.4, -0.2) is 47.9 Å².